The van der Waals surface area contributed by atoms with Gasteiger partial charge in [0, 0.05) is 17.3 Å². The van der Waals surface area contributed by atoms with Crippen LogP contribution in [0.15, 0.2) is 77.7 Å². The van der Waals surface area contributed by atoms with E-state index in [1.807, 2.05) is 6.07 Å². The number of nitrogens with one attached hydrogen (secondary N) is 2. The van der Waals surface area contributed by atoms with Crippen molar-refractivity contribution in [3.63, 3.8) is 0 Å². The summed E-state index contributed by atoms with van der Waals surface area (Å²) in [7, 11) is -0.930. The highest BCUT2D eigenvalue weighted by Gasteiger charge is 2.17. The van der Waals surface area contributed by atoms with Crippen molar-refractivity contribution < 1.29 is 22.7 Å². The van der Waals surface area contributed by atoms with Crippen LogP contribution in [-0.2, 0) is 10.0 Å². The fraction of sp³-hybridized carbons (Fsp3) is 0.0952. The molecule has 0 spiro atoms. The summed E-state index contributed by atoms with van der Waals surface area (Å²) in [5.41, 5.74) is 1.25. The molecule has 7 nitrogen and oxygen atoms in total. The lowest BCUT2D eigenvalue weighted by atomic mass is 10.2. The Morgan fingerprint density at radius 3 is 2.17 bits per heavy atom. The predicted octanol–water partition coefficient (Wildman–Crippen LogP) is 3.76. The Kier molecular flexibility index (Phi) is 6.04. The highest BCUT2D eigenvalue weighted by molar-refractivity contribution is 7.92. The van der Waals surface area contributed by atoms with E-state index >= 15 is 0 Å². The van der Waals surface area contributed by atoms with Gasteiger partial charge in [-0.05, 0) is 48.5 Å². The van der Waals surface area contributed by atoms with Crippen LogP contribution in [0, 0.1) is 0 Å². The second-order valence-corrected chi connectivity index (χ2v) is 7.70. The van der Waals surface area contributed by atoms with E-state index in [1.54, 1.807) is 36.4 Å². The Labute approximate surface area is 169 Å². The average Bonchev–Trinajstić information content (AvgIpc) is 2.74. The summed E-state index contributed by atoms with van der Waals surface area (Å²) in [6.07, 6.45) is 0. The third-order valence-corrected chi connectivity index (χ3v) is 5.49. The van der Waals surface area contributed by atoms with E-state index in [4.69, 9.17) is 9.47 Å². The molecule has 29 heavy (non-hydrogen) atoms. The van der Waals surface area contributed by atoms with Crippen molar-refractivity contribution in [3.05, 3.63) is 78.4 Å². The first-order valence-corrected chi connectivity index (χ1v) is 10.1. The zero-order chi connectivity index (χ0) is 20.9. The van der Waals surface area contributed by atoms with Crippen molar-refractivity contribution in [2.24, 2.45) is 0 Å². The molecule has 0 saturated carbocycles. The van der Waals surface area contributed by atoms with Crippen molar-refractivity contribution >= 4 is 27.3 Å². The van der Waals surface area contributed by atoms with Crippen LogP contribution < -0.4 is 19.5 Å². The topological polar surface area (TPSA) is 93.7 Å². The average molecular weight is 412 g/mol. The van der Waals surface area contributed by atoms with Crippen LogP contribution in [0.1, 0.15) is 10.4 Å². The van der Waals surface area contributed by atoms with E-state index in [0.717, 1.165) is 0 Å². The van der Waals surface area contributed by atoms with Gasteiger partial charge in [0.25, 0.3) is 15.9 Å². The minimum Gasteiger partial charge on any atom is -0.497 e. The van der Waals surface area contributed by atoms with Crippen LogP contribution in [0.25, 0.3) is 0 Å². The number of sulfonamides is 1. The first-order valence-electron chi connectivity index (χ1n) is 8.64. The number of benzene rings is 3. The molecule has 0 unspecified atom stereocenters. The smallest absolute Gasteiger partial charge is 0.262 e. The molecule has 8 heteroatoms. The number of ether oxygens (including phenoxy) is 2. The second-order valence-electron chi connectivity index (χ2n) is 6.02. The molecule has 0 aliphatic rings. The van der Waals surface area contributed by atoms with Crippen LogP contribution >= 0.6 is 0 Å². The molecule has 150 valence electrons. The summed E-state index contributed by atoms with van der Waals surface area (Å²) in [4.78, 5) is 12.2. The quantitative estimate of drug-likeness (QED) is 0.616. The fourth-order valence-corrected chi connectivity index (χ4v) is 3.67. The standard InChI is InChI=1S/C21H20N2O5S/c1-27-17-10-13-20(28-2)19(14-17)23-29(25,26)18-11-8-16(9-12-18)22-21(24)15-6-4-3-5-7-15/h3-14,23H,1-2H3,(H,22,24). The summed E-state index contributed by atoms with van der Waals surface area (Å²) >= 11 is 0. The maximum atomic E-state index is 12.7. The van der Waals surface area contributed by atoms with Crippen molar-refractivity contribution in [2.75, 3.05) is 24.3 Å². The monoisotopic (exact) mass is 412 g/mol. The highest BCUT2D eigenvalue weighted by atomic mass is 32.2. The molecule has 0 fully saturated rings. The molecule has 0 bridgehead atoms. The molecular weight excluding hydrogens is 392 g/mol. The molecule has 0 radical (unpaired) electrons. The molecule has 2 N–H and O–H groups in total. The van der Waals surface area contributed by atoms with Crippen LogP contribution in [0.2, 0.25) is 0 Å². The molecule has 0 aliphatic heterocycles. The lowest BCUT2D eigenvalue weighted by Gasteiger charge is -2.13. The Balaban J connectivity index is 1.77. The van der Waals surface area contributed by atoms with E-state index in [1.165, 1.54) is 44.6 Å². The van der Waals surface area contributed by atoms with Gasteiger partial charge in [-0.3, -0.25) is 9.52 Å². The van der Waals surface area contributed by atoms with Gasteiger partial charge in [-0.25, -0.2) is 8.42 Å². The van der Waals surface area contributed by atoms with Crippen molar-refractivity contribution in [3.8, 4) is 11.5 Å². The number of amides is 1. The third kappa shape index (κ3) is 4.85. The van der Waals surface area contributed by atoms with Gasteiger partial charge in [-0.2, -0.15) is 0 Å². The van der Waals surface area contributed by atoms with Gasteiger partial charge in [-0.1, -0.05) is 18.2 Å². The first-order chi connectivity index (χ1) is 13.9. The van der Waals surface area contributed by atoms with E-state index in [-0.39, 0.29) is 16.5 Å². The zero-order valence-electron chi connectivity index (χ0n) is 15.9. The minimum absolute atomic E-state index is 0.0417. The fourth-order valence-electron chi connectivity index (χ4n) is 2.61. The second kappa shape index (κ2) is 8.66. The molecule has 1 amide bonds. The highest BCUT2D eigenvalue weighted by Crippen LogP contribution is 2.31. The van der Waals surface area contributed by atoms with Crippen LogP contribution in [0.3, 0.4) is 0 Å². The molecule has 0 heterocycles. The SMILES string of the molecule is COc1ccc(OC)c(NS(=O)(=O)c2ccc(NC(=O)c3ccccc3)cc2)c1. The number of hydrogen-bond acceptors (Lipinski definition) is 5. The van der Waals surface area contributed by atoms with E-state index in [0.29, 0.717) is 22.7 Å². The van der Waals surface area contributed by atoms with Crippen molar-refractivity contribution in [2.45, 2.75) is 4.90 Å². The lowest BCUT2D eigenvalue weighted by Crippen LogP contribution is -2.14. The van der Waals surface area contributed by atoms with Crippen molar-refractivity contribution in [1.82, 2.24) is 0 Å². The Morgan fingerprint density at radius 1 is 0.862 bits per heavy atom. The molecule has 3 aromatic carbocycles. The summed E-state index contributed by atoms with van der Waals surface area (Å²) in [5.74, 6) is 0.573. The Hall–Kier alpha value is -3.52. The first kappa shape index (κ1) is 20.2. The number of rotatable bonds is 7. The van der Waals surface area contributed by atoms with Gasteiger partial charge in [0.1, 0.15) is 11.5 Å². The minimum atomic E-state index is -3.87. The third-order valence-electron chi connectivity index (χ3n) is 4.11. The molecule has 3 aromatic rings. The molecule has 0 aliphatic carbocycles. The van der Waals surface area contributed by atoms with Gasteiger partial charge >= 0.3 is 0 Å². The maximum absolute atomic E-state index is 12.7. The molecule has 0 atom stereocenters. The summed E-state index contributed by atoms with van der Waals surface area (Å²) in [5, 5.41) is 2.73. The van der Waals surface area contributed by atoms with Gasteiger partial charge in [0.05, 0.1) is 24.8 Å². The molecule has 3 rings (SSSR count). The van der Waals surface area contributed by atoms with Crippen molar-refractivity contribution in [1.29, 1.82) is 0 Å². The lowest BCUT2D eigenvalue weighted by molar-refractivity contribution is 0.102. The number of carbonyl (C=O) groups excluding carboxylic acids is 1. The molecular formula is C21H20N2O5S. The van der Waals surface area contributed by atoms with Gasteiger partial charge < -0.3 is 14.8 Å². The van der Waals surface area contributed by atoms with Crippen LogP contribution in [-0.4, -0.2) is 28.5 Å². The molecule has 0 saturated heterocycles. The number of anilines is 2. The van der Waals surface area contributed by atoms with E-state index in [9.17, 15) is 13.2 Å². The zero-order valence-corrected chi connectivity index (χ0v) is 16.7. The van der Waals surface area contributed by atoms with Crippen LogP contribution in [0.4, 0.5) is 11.4 Å². The van der Waals surface area contributed by atoms with E-state index in [2.05, 4.69) is 10.0 Å². The summed E-state index contributed by atoms with van der Waals surface area (Å²) < 4.78 is 38.3. The molecule has 0 aromatic heterocycles. The van der Waals surface area contributed by atoms with Gasteiger partial charge in [0.2, 0.25) is 0 Å². The summed E-state index contributed by atoms with van der Waals surface area (Å²) in [6.45, 7) is 0. The van der Waals surface area contributed by atoms with E-state index < -0.39 is 10.0 Å². The number of methoxy groups -OCH3 is 2. The van der Waals surface area contributed by atoms with Gasteiger partial charge in [-0.15, -0.1) is 0 Å². The number of hydrogen-bond donors (Lipinski definition) is 2. The Morgan fingerprint density at radius 2 is 1.55 bits per heavy atom. The number of carbonyl (C=O) groups is 1. The van der Waals surface area contributed by atoms with Crippen LogP contribution in [0.5, 0.6) is 11.5 Å². The largest absolute Gasteiger partial charge is 0.497 e. The normalized spacial score (nSPS) is 10.8. The Bertz CT molecular complexity index is 1100. The maximum Gasteiger partial charge on any atom is 0.262 e. The van der Waals surface area contributed by atoms with Gasteiger partial charge in [0.15, 0.2) is 0 Å². The summed E-state index contributed by atoms with van der Waals surface area (Å²) in [6, 6.07) is 19.4. The predicted molar refractivity (Wildman–Crippen MR) is 111 cm³/mol.